The van der Waals surface area contributed by atoms with Gasteiger partial charge < -0.3 is 9.84 Å². The summed E-state index contributed by atoms with van der Waals surface area (Å²) in [6.07, 6.45) is -0.0678. The van der Waals surface area contributed by atoms with Gasteiger partial charge in [-0.3, -0.25) is 9.69 Å². The van der Waals surface area contributed by atoms with Crippen LogP contribution in [0.5, 0.6) is 0 Å². The topological polar surface area (TPSA) is 71.3 Å². The molecule has 1 fully saturated rings. The zero-order chi connectivity index (χ0) is 20.9. The highest BCUT2D eigenvalue weighted by Crippen LogP contribution is 2.30. The second kappa shape index (κ2) is 9.39. The predicted molar refractivity (Wildman–Crippen MR) is 99.9 cm³/mol. The Morgan fingerprint density at radius 2 is 2.17 bits per heavy atom. The van der Waals surface area contributed by atoms with E-state index in [1.165, 1.54) is 13.0 Å². The Morgan fingerprint density at radius 3 is 2.93 bits per heavy atom. The summed E-state index contributed by atoms with van der Waals surface area (Å²) in [4.78, 5) is 17.7. The molecule has 1 N–H and O–H groups in total. The molecule has 1 amide bonds. The fourth-order valence-electron chi connectivity index (χ4n) is 3.65. The molecule has 1 atom stereocenters. The summed E-state index contributed by atoms with van der Waals surface area (Å²) in [6.45, 7) is 3.54. The fourth-order valence-corrected chi connectivity index (χ4v) is 3.65. The van der Waals surface area contributed by atoms with E-state index in [4.69, 9.17) is 4.52 Å². The van der Waals surface area contributed by atoms with E-state index in [9.17, 15) is 18.0 Å². The molecule has 0 saturated carbocycles. The number of nitrogens with one attached hydrogen (secondary N) is 1. The number of hydrogen-bond donors (Lipinski definition) is 1. The highest BCUT2D eigenvalue weighted by atomic mass is 19.4. The van der Waals surface area contributed by atoms with E-state index < -0.39 is 11.7 Å². The standard InChI is InChI=1S/C20H25F3N4O2/c1-14(28)24-9-8-17-7-2-3-10-27(17)13-19-25-18(26-29-19)12-15-5-4-6-16(11-15)20(21,22)23/h4-6,11,17H,2-3,7-10,12-13H2,1H3,(H,24,28)/t17-/m1/s1. The van der Waals surface area contributed by atoms with Crippen molar-refractivity contribution in [3.05, 3.63) is 47.1 Å². The molecule has 1 aromatic carbocycles. The molecule has 1 aliphatic rings. The molecule has 1 saturated heterocycles. The summed E-state index contributed by atoms with van der Waals surface area (Å²) in [5, 5.41) is 6.75. The molecule has 29 heavy (non-hydrogen) atoms. The largest absolute Gasteiger partial charge is 0.416 e. The number of halogens is 3. The summed E-state index contributed by atoms with van der Waals surface area (Å²) >= 11 is 0. The summed E-state index contributed by atoms with van der Waals surface area (Å²) in [6, 6.07) is 5.48. The fraction of sp³-hybridized carbons (Fsp3) is 0.550. The van der Waals surface area contributed by atoms with Gasteiger partial charge in [-0.1, -0.05) is 29.8 Å². The number of carbonyl (C=O) groups is 1. The van der Waals surface area contributed by atoms with Crippen molar-refractivity contribution in [1.29, 1.82) is 0 Å². The number of carbonyl (C=O) groups excluding carboxylic acids is 1. The van der Waals surface area contributed by atoms with Crippen molar-refractivity contribution in [2.75, 3.05) is 13.1 Å². The number of alkyl halides is 3. The summed E-state index contributed by atoms with van der Waals surface area (Å²) in [5.74, 6) is 0.785. The minimum absolute atomic E-state index is 0.0384. The summed E-state index contributed by atoms with van der Waals surface area (Å²) in [5.41, 5.74) is -0.202. The molecule has 0 spiro atoms. The summed E-state index contributed by atoms with van der Waals surface area (Å²) in [7, 11) is 0. The van der Waals surface area contributed by atoms with Crippen LogP contribution in [0.25, 0.3) is 0 Å². The van der Waals surface area contributed by atoms with E-state index in [1.54, 1.807) is 6.07 Å². The van der Waals surface area contributed by atoms with Gasteiger partial charge in [0.1, 0.15) is 0 Å². The van der Waals surface area contributed by atoms with E-state index in [-0.39, 0.29) is 12.3 Å². The third-order valence-electron chi connectivity index (χ3n) is 5.07. The second-order valence-electron chi connectivity index (χ2n) is 7.37. The lowest BCUT2D eigenvalue weighted by molar-refractivity contribution is -0.137. The van der Waals surface area contributed by atoms with E-state index in [0.29, 0.717) is 36.4 Å². The van der Waals surface area contributed by atoms with E-state index in [2.05, 4.69) is 20.4 Å². The molecule has 0 bridgehead atoms. The Bertz CT molecular complexity index is 822. The van der Waals surface area contributed by atoms with Crippen molar-refractivity contribution in [2.24, 2.45) is 0 Å². The first-order valence-electron chi connectivity index (χ1n) is 9.77. The third kappa shape index (κ3) is 6.28. The van der Waals surface area contributed by atoms with Crippen LogP contribution < -0.4 is 5.32 Å². The Kier molecular flexibility index (Phi) is 6.89. The van der Waals surface area contributed by atoms with Crippen LogP contribution in [0.15, 0.2) is 28.8 Å². The number of piperidine rings is 1. The molecular weight excluding hydrogens is 385 g/mol. The quantitative estimate of drug-likeness (QED) is 0.756. The third-order valence-corrected chi connectivity index (χ3v) is 5.07. The molecule has 2 aromatic rings. The molecule has 0 radical (unpaired) electrons. The smallest absolute Gasteiger partial charge is 0.356 e. The lowest BCUT2D eigenvalue weighted by Gasteiger charge is -2.34. The Hall–Kier alpha value is -2.42. The van der Waals surface area contributed by atoms with Gasteiger partial charge in [-0.15, -0.1) is 0 Å². The molecule has 9 heteroatoms. The molecule has 0 unspecified atom stereocenters. The van der Waals surface area contributed by atoms with Gasteiger partial charge >= 0.3 is 6.18 Å². The van der Waals surface area contributed by atoms with E-state index in [1.807, 2.05) is 0 Å². The van der Waals surface area contributed by atoms with Gasteiger partial charge in [-0.25, -0.2) is 0 Å². The minimum atomic E-state index is -4.38. The molecule has 0 aliphatic carbocycles. The van der Waals surface area contributed by atoms with Gasteiger partial charge in [-0.05, 0) is 37.4 Å². The maximum Gasteiger partial charge on any atom is 0.416 e. The van der Waals surface area contributed by atoms with Crippen molar-refractivity contribution < 1.29 is 22.5 Å². The van der Waals surface area contributed by atoms with Crippen molar-refractivity contribution in [3.63, 3.8) is 0 Å². The van der Waals surface area contributed by atoms with Gasteiger partial charge in [0, 0.05) is 25.9 Å². The number of benzene rings is 1. The highest BCUT2D eigenvalue weighted by molar-refractivity contribution is 5.72. The number of rotatable bonds is 7. The molecule has 3 rings (SSSR count). The number of amides is 1. The van der Waals surface area contributed by atoms with Gasteiger partial charge in [0.2, 0.25) is 11.8 Å². The zero-order valence-corrected chi connectivity index (χ0v) is 16.3. The molecule has 158 valence electrons. The van der Waals surface area contributed by atoms with Gasteiger partial charge in [0.25, 0.3) is 0 Å². The van der Waals surface area contributed by atoms with Crippen LogP contribution in [0.1, 0.15) is 55.4 Å². The average Bonchev–Trinajstić information content (AvgIpc) is 3.09. The Labute approximate surface area is 167 Å². The normalized spacial score (nSPS) is 18.0. The van der Waals surface area contributed by atoms with Crippen molar-refractivity contribution >= 4 is 5.91 Å². The Balaban J connectivity index is 1.60. The first-order valence-corrected chi connectivity index (χ1v) is 9.77. The lowest BCUT2D eigenvalue weighted by Crippen LogP contribution is -2.41. The van der Waals surface area contributed by atoms with Gasteiger partial charge in [0.05, 0.1) is 12.1 Å². The number of hydrogen-bond acceptors (Lipinski definition) is 5. The molecule has 1 aromatic heterocycles. The maximum atomic E-state index is 12.9. The van der Waals surface area contributed by atoms with Crippen LogP contribution >= 0.6 is 0 Å². The lowest BCUT2D eigenvalue weighted by atomic mass is 9.99. The van der Waals surface area contributed by atoms with Crippen LogP contribution in [0.2, 0.25) is 0 Å². The van der Waals surface area contributed by atoms with Crippen molar-refractivity contribution in [3.8, 4) is 0 Å². The van der Waals surface area contributed by atoms with E-state index >= 15 is 0 Å². The average molecular weight is 410 g/mol. The molecule has 2 heterocycles. The molecule has 6 nitrogen and oxygen atoms in total. The number of aromatic nitrogens is 2. The van der Waals surface area contributed by atoms with Crippen LogP contribution in [0, 0.1) is 0 Å². The zero-order valence-electron chi connectivity index (χ0n) is 16.3. The van der Waals surface area contributed by atoms with Gasteiger partial charge in [-0.2, -0.15) is 18.2 Å². The SMILES string of the molecule is CC(=O)NCC[C@H]1CCCCN1Cc1nc(Cc2cccc(C(F)(F)F)c2)no1. The number of likely N-dealkylation sites (tertiary alicyclic amines) is 1. The highest BCUT2D eigenvalue weighted by Gasteiger charge is 2.30. The number of nitrogens with zero attached hydrogens (tertiary/aromatic N) is 3. The van der Waals surface area contributed by atoms with E-state index in [0.717, 1.165) is 44.4 Å². The van der Waals surface area contributed by atoms with Crippen LogP contribution in [-0.2, 0) is 23.9 Å². The summed E-state index contributed by atoms with van der Waals surface area (Å²) < 4.78 is 43.9. The minimum Gasteiger partial charge on any atom is -0.356 e. The van der Waals surface area contributed by atoms with Gasteiger partial charge in [0.15, 0.2) is 5.82 Å². The maximum absolute atomic E-state index is 12.9. The predicted octanol–water partition coefficient (Wildman–Crippen LogP) is 3.56. The van der Waals surface area contributed by atoms with Crippen molar-refractivity contribution in [2.45, 2.75) is 57.8 Å². The van der Waals surface area contributed by atoms with Crippen molar-refractivity contribution in [1.82, 2.24) is 20.4 Å². The molecular formula is C20H25F3N4O2. The van der Waals surface area contributed by atoms with Crippen LogP contribution in [-0.4, -0.2) is 40.1 Å². The Morgan fingerprint density at radius 1 is 1.34 bits per heavy atom. The monoisotopic (exact) mass is 410 g/mol. The first-order chi connectivity index (χ1) is 13.8. The van der Waals surface area contributed by atoms with Crippen LogP contribution in [0.3, 0.4) is 0 Å². The second-order valence-corrected chi connectivity index (χ2v) is 7.37. The molecule has 1 aliphatic heterocycles. The van der Waals surface area contributed by atoms with Crippen LogP contribution in [0.4, 0.5) is 13.2 Å². The first kappa shape index (κ1) is 21.3.